The van der Waals surface area contributed by atoms with Crippen LogP contribution in [0.3, 0.4) is 0 Å². The topological polar surface area (TPSA) is 69.6 Å². The third-order valence-corrected chi connectivity index (χ3v) is 4.46. The van der Waals surface area contributed by atoms with E-state index in [4.69, 9.17) is 5.11 Å². The van der Waals surface area contributed by atoms with Crippen LogP contribution in [-0.4, -0.2) is 40.3 Å². The molecule has 1 aromatic rings. The number of carboxylic acid groups (broad SMARTS) is 1. The molecule has 0 aliphatic heterocycles. The van der Waals surface area contributed by atoms with Crippen LogP contribution < -0.4 is 5.32 Å². The molecular formula is C12H16BrNO3S. The van der Waals surface area contributed by atoms with E-state index < -0.39 is 5.97 Å². The van der Waals surface area contributed by atoms with Gasteiger partial charge in [-0.25, -0.2) is 4.79 Å². The number of rotatable bonds is 6. The molecule has 4 nitrogen and oxygen atoms in total. The first-order chi connectivity index (χ1) is 8.49. The van der Waals surface area contributed by atoms with Crippen LogP contribution in [-0.2, 0) is 0 Å². The molecule has 0 saturated carbocycles. The Morgan fingerprint density at radius 2 is 2.22 bits per heavy atom. The van der Waals surface area contributed by atoms with Crippen molar-refractivity contribution in [3.8, 4) is 0 Å². The molecule has 0 saturated heterocycles. The molecule has 0 heterocycles. The summed E-state index contributed by atoms with van der Waals surface area (Å²) in [5.74, 6) is -0.951. The number of carbonyl (C=O) groups is 1. The zero-order valence-electron chi connectivity index (χ0n) is 10.2. The van der Waals surface area contributed by atoms with E-state index in [1.165, 1.54) is 0 Å². The normalized spacial score (nSPS) is 14.0. The Balaban J connectivity index is 2.82. The summed E-state index contributed by atoms with van der Waals surface area (Å²) in [5.41, 5.74) is 1.06. The molecule has 0 fully saturated rings. The van der Waals surface area contributed by atoms with Crippen molar-refractivity contribution >= 4 is 39.3 Å². The summed E-state index contributed by atoms with van der Waals surface area (Å²) in [5, 5.41) is 21.4. The number of halogens is 1. The SMILES string of the molecule is CSC(CO)C(C)Nc1ccc(C(=O)O)cc1Br. The first kappa shape index (κ1) is 15.3. The Hall–Kier alpha value is -0.720. The van der Waals surface area contributed by atoms with Crippen molar-refractivity contribution in [3.05, 3.63) is 28.2 Å². The van der Waals surface area contributed by atoms with Gasteiger partial charge in [-0.05, 0) is 47.3 Å². The Morgan fingerprint density at radius 1 is 1.56 bits per heavy atom. The lowest BCUT2D eigenvalue weighted by Crippen LogP contribution is -2.31. The molecule has 2 unspecified atom stereocenters. The number of aromatic carboxylic acids is 1. The van der Waals surface area contributed by atoms with E-state index in [1.54, 1.807) is 30.0 Å². The van der Waals surface area contributed by atoms with Crippen LogP contribution in [0.15, 0.2) is 22.7 Å². The van der Waals surface area contributed by atoms with Crippen LogP contribution in [0.4, 0.5) is 5.69 Å². The highest BCUT2D eigenvalue weighted by Gasteiger charge is 2.16. The lowest BCUT2D eigenvalue weighted by molar-refractivity contribution is 0.0697. The van der Waals surface area contributed by atoms with Gasteiger partial charge in [0.2, 0.25) is 0 Å². The van der Waals surface area contributed by atoms with Gasteiger partial charge in [0.25, 0.3) is 0 Å². The summed E-state index contributed by atoms with van der Waals surface area (Å²) in [6.45, 7) is 2.08. The van der Waals surface area contributed by atoms with Crippen molar-refractivity contribution in [1.29, 1.82) is 0 Å². The second kappa shape index (κ2) is 7.01. The summed E-state index contributed by atoms with van der Waals surface area (Å²) < 4.78 is 0.701. The largest absolute Gasteiger partial charge is 0.478 e. The zero-order chi connectivity index (χ0) is 13.7. The monoisotopic (exact) mass is 333 g/mol. The third-order valence-electron chi connectivity index (χ3n) is 2.64. The number of nitrogens with one attached hydrogen (secondary N) is 1. The number of anilines is 1. The van der Waals surface area contributed by atoms with Gasteiger partial charge in [-0.1, -0.05) is 0 Å². The number of carboxylic acids is 1. The van der Waals surface area contributed by atoms with Gasteiger partial charge in [-0.15, -0.1) is 0 Å². The molecule has 18 heavy (non-hydrogen) atoms. The average Bonchev–Trinajstić information content (AvgIpc) is 2.33. The van der Waals surface area contributed by atoms with Gasteiger partial charge < -0.3 is 15.5 Å². The van der Waals surface area contributed by atoms with E-state index in [0.717, 1.165) is 5.69 Å². The smallest absolute Gasteiger partial charge is 0.335 e. The Labute approximate surface area is 119 Å². The fraction of sp³-hybridized carbons (Fsp3) is 0.417. The van der Waals surface area contributed by atoms with Crippen molar-refractivity contribution in [2.75, 3.05) is 18.2 Å². The van der Waals surface area contributed by atoms with Gasteiger partial charge in [0, 0.05) is 21.5 Å². The molecule has 0 spiro atoms. The molecule has 0 bridgehead atoms. The predicted molar refractivity (Wildman–Crippen MR) is 78.6 cm³/mol. The number of hydrogen-bond acceptors (Lipinski definition) is 4. The second-order valence-electron chi connectivity index (χ2n) is 3.89. The predicted octanol–water partition coefficient (Wildman–Crippen LogP) is 2.67. The van der Waals surface area contributed by atoms with Crippen LogP contribution >= 0.6 is 27.7 Å². The molecule has 0 aliphatic carbocycles. The number of aliphatic hydroxyl groups excluding tert-OH is 1. The molecule has 3 N–H and O–H groups in total. The highest BCUT2D eigenvalue weighted by molar-refractivity contribution is 9.10. The van der Waals surface area contributed by atoms with Gasteiger partial charge in [0.1, 0.15) is 0 Å². The van der Waals surface area contributed by atoms with Crippen molar-refractivity contribution in [2.45, 2.75) is 18.2 Å². The maximum Gasteiger partial charge on any atom is 0.335 e. The number of hydrogen-bond donors (Lipinski definition) is 3. The van der Waals surface area contributed by atoms with Gasteiger partial charge >= 0.3 is 5.97 Å². The van der Waals surface area contributed by atoms with Gasteiger partial charge in [-0.2, -0.15) is 11.8 Å². The molecule has 0 amide bonds. The van der Waals surface area contributed by atoms with Crippen LogP contribution in [0, 0.1) is 0 Å². The molecule has 6 heteroatoms. The molecule has 100 valence electrons. The summed E-state index contributed by atoms with van der Waals surface area (Å²) in [7, 11) is 0. The van der Waals surface area contributed by atoms with E-state index in [-0.39, 0.29) is 23.5 Å². The van der Waals surface area contributed by atoms with E-state index >= 15 is 0 Å². The number of benzene rings is 1. The van der Waals surface area contributed by atoms with Gasteiger partial charge in [0.15, 0.2) is 0 Å². The van der Waals surface area contributed by atoms with Crippen molar-refractivity contribution in [3.63, 3.8) is 0 Å². The maximum atomic E-state index is 10.8. The van der Waals surface area contributed by atoms with E-state index in [9.17, 15) is 9.90 Å². The Bertz CT molecular complexity index is 424. The lowest BCUT2D eigenvalue weighted by atomic mass is 10.2. The van der Waals surface area contributed by atoms with Crippen LogP contribution in [0.1, 0.15) is 17.3 Å². The molecule has 1 aromatic carbocycles. The molecule has 0 aromatic heterocycles. The second-order valence-corrected chi connectivity index (χ2v) is 5.82. The first-order valence-electron chi connectivity index (χ1n) is 5.42. The third kappa shape index (κ3) is 3.90. The average molecular weight is 334 g/mol. The van der Waals surface area contributed by atoms with E-state index in [1.807, 2.05) is 13.2 Å². The number of thioether (sulfide) groups is 1. The quantitative estimate of drug-likeness (QED) is 0.746. The van der Waals surface area contributed by atoms with Crippen molar-refractivity contribution in [1.82, 2.24) is 0 Å². The summed E-state index contributed by atoms with van der Waals surface area (Å²) >= 11 is 4.93. The summed E-state index contributed by atoms with van der Waals surface area (Å²) in [4.78, 5) is 10.8. The first-order valence-corrected chi connectivity index (χ1v) is 7.50. The highest BCUT2D eigenvalue weighted by Crippen LogP contribution is 2.26. The standard InChI is InChI=1S/C12H16BrNO3S/c1-7(11(6-15)18-2)14-10-4-3-8(12(16)17)5-9(10)13/h3-5,7,11,14-15H,6H2,1-2H3,(H,16,17). The Morgan fingerprint density at radius 3 is 2.67 bits per heavy atom. The highest BCUT2D eigenvalue weighted by atomic mass is 79.9. The lowest BCUT2D eigenvalue weighted by Gasteiger charge is -2.23. The molecule has 0 aliphatic rings. The van der Waals surface area contributed by atoms with Gasteiger partial charge in [-0.3, -0.25) is 0 Å². The maximum absolute atomic E-state index is 10.8. The van der Waals surface area contributed by atoms with Gasteiger partial charge in [0.05, 0.1) is 12.2 Å². The summed E-state index contributed by atoms with van der Waals surface area (Å²) in [6, 6.07) is 4.91. The molecule has 2 atom stereocenters. The van der Waals surface area contributed by atoms with Crippen LogP contribution in [0.2, 0.25) is 0 Å². The number of aliphatic hydroxyl groups is 1. The van der Waals surface area contributed by atoms with Crippen molar-refractivity contribution in [2.24, 2.45) is 0 Å². The minimum atomic E-state index is -0.951. The molecule has 0 radical (unpaired) electrons. The molecule has 1 rings (SSSR count). The van der Waals surface area contributed by atoms with Crippen LogP contribution in [0.25, 0.3) is 0 Å². The fourth-order valence-corrected chi connectivity index (χ4v) is 2.66. The van der Waals surface area contributed by atoms with Crippen molar-refractivity contribution < 1.29 is 15.0 Å². The fourth-order valence-electron chi connectivity index (χ4n) is 1.54. The minimum absolute atomic E-state index is 0.0805. The summed E-state index contributed by atoms with van der Waals surface area (Å²) in [6.07, 6.45) is 1.95. The van der Waals surface area contributed by atoms with Crippen LogP contribution in [0.5, 0.6) is 0 Å². The minimum Gasteiger partial charge on any atom is -0.478 e. The van der Waals surface area contributed by atoms with E-state index in [2.05, 4.69) is 21.2 Å². The zero-order valence-corrected chi connectivity index (χ0v) is 12.6. The molecular weight excluding hydrogens is 318 g/mol. The Kier molecular flexibility index (Phi) is 5.98. The van der Waals surface area contributed by atoms with E-state index in [0.29, 0.717) is 4.47 Å².